The number of nitrogens with zero attached hydrogens (tertiary/aromatic N) is 3. The van der Waals surface area contributed by atoms with E-state index in [1.54, 1.807) is 10.8 Å². The minimum absolute atomic E-state index is 0.0358. The van der Waals surface area contributed by atoms with E-state index in [2.05, 4.69) is 10.3 Å². The first-order valence-electron chi connectivity index (χ1n) is 8.34. The average molecular weight is 410 g/mol. The predicted molar refractivity (Wildman–Crippen MR) is 110 cm³/mol. The minimum atomic E-state index is -0.395. The SMILES string of the molecule is O=C(/C=C/c1ccc(-n2nnc3ccccc32)cc1)c1cc(Cl)cc(Cl)c1O. The Morgan fingerprint density at radius 3 is 2.57 bits per heavy atom. The number of carbonyl (C=O) groups excluding carboxylic acids is 1. The zero-order valence-electron chi connectivity index (χ0n) is 14.4. The van der Waals surface area contributed by atoms with Crippen LogP contribution in [-0.4, -0.2) is 25.9 Å². The minimum Gasteiger partial charge on any atom is -0.506 e. The van der Waals surface area contributed by atoms with Gasteiger partial charge in [-0.1, -0.05) is 58.8 Å². The third kappa shape index (κ3) is 3.50. The number of aromatic nitrogens is 3. The third-order valence-corrected chi connectivity index (χ3v) is 4.72. The molecule has 0 bridgehead atoms. The number of ketones is 1. The highest BCUT2D eigenvalue weighted by Gasteiger charge is 2.13. The smallest absolute Gasteiger partial charge is 0.189 e. The molecular formula is C21H13Cl2N3O2. The second-order valence-corrected chi connectivity index (χ2v) is 6.91. The predicted octanol–water partition coefficient (Wildman–Crippen LogP) is 5.33. The maximum absolute atomic E-state index is 12.4. The van der Waals surface area contributed by atoms with Crippen molar-refractivity contribution in [3.05, 3.63) is 87.9 Å². The van der Waals surface area contributed by atoms with Gasteiger partial charge in [0.25, 0.3) is 0 Å². The van der Waals surface area contributed by atoms with Gasteiger partial charge in [0.1, 0.15) is 11.3 Å². The molecule has 0 unspecified atom stereocenters. The molecule has 0 aliphatic carbocycles. The van der Waals surface area contributed by atoms with Gasteiger partial charge in [0.15, 0.2) is 5.78 Å². The molecule has 4 aromatic rings. The Kier molecular flexibility index (Phi) is 4.86. The maximum Gasteiger partial charge on any atom is 0.189 e. The summed E-state index contributed by atoms with van der Waals surface area (Å²) in [5.74, 6) is -0.678. The van der Waals surface area contributed by atoms with Gasteiger partial charge in [0.2, 0.25) is 0 Å². The molecule has 1 N–H and O–H groups in total. The van der Waals surface area contributed by atoms with Crippen LogP contribution < -0.4 is 0 Å². The Morgan fingerprint density at radius 2 is 1.79 bits per heavy atom. The van der Waals surface area contributed by atoms with Crippen molar-refractivity contribution in [3.63, 3.8) is 0 Å². The number of hydrogen-bond acceptors (Lipinski definition) is 4. The summed E-state index contributed by atoms with van der Waals surface area (Å²) in [6.07, 6.45) is 3.02. The molecule has 1 heterocycles. The number of fused-ring (bicyclic) bond motifs is 1. The number of aromatic hydroxyl groups is 1. The molecule has 0 radical (unpaired) electrons. The van der Waals surface area contributed by atoms with Crippen molar-refractivity contribution in [1.82, 2.24) is 15.0 Å². The molecule has 0 spiro atoms. The van der Waals surface area contributed by atoms with E-state index in [0.717, 1.165) is 22.3 Å². The van der Waals surface area contributed by atoms with Crippen LogP contribution in [0.1, 0.15) is 15.9 Å². The zero-order chi connectivity index (χ0) is 19.7. The van der Waals surface area contributed by atoms with Gasteiger partial charge in [-0.05, 0) is 48.0 Å². The lowest BCUT2D eigenvalue weighted by atomic mass is 10.1. The fourth-order valence-corrected chi connectivity index (χ4v) is 3.30. The highest BCUT2D eigenvalue weighted by molar-refractivity contribution is 6.36. The van der Waals surface area contributed by atoms with E-state index in [4.69, 9.17) is 23.2 Å². The van der Waals surface area contributed by atoms with Gasteiger partial charge in [-0.2, -0.15) is 0 Å². The number of phenolic OH excluding ortho intramolecular Hbond substituents is 1. The highest BCUT2D eigenvalue weighted by Crippen LogP contribution is 2.31. The summed E-state index contributed by atoms with van der Waals surface area (Å²) in [6, 6.07) is 18.0. The summed E-state index contributed by atoms with van der Waals surface area (Å²) < 4.78 is 1.75. The molecule has 1 aromatic heterocycles. The summed E-state index contributed by atoms with van der Waals surface area (Å²) in [5, 5.41) is 18.6. The van der Waals surface area contributed by atoms with E-state index in [1.165, 1.54) is 18.2 Å². The Bertz CT molecular complexity index is 1210. The molecule has 138 valence electrons. The number of rotatable bonds is 4. The van der Waals surface area contributed by atoms with Gasteiger partial charge in [-0.3, -0.25) is 4.79 Å². The summed E-state index contributed by atoms with van der Waals surface area (Å²) >= 11 is 11.8. The topological polar surface area (TPSA) is 68.0 Å². The lowest BCUT2D eigenvalue weighted by Gasteiger charge is -2.04. The van der Waals surface area contributed by atoms with Crippen molar-refractivity contribution in [2.75, 3.05) is 0 Å². The highest BCUT2D eigenvalue weighted by atomic mass is 35.5. The number of phenols is 1. The Hall–Kier alpha value is -3.15. The number of halogens is 2. The molecule has 0 fully saturated rings. The molecule has 0 aliphatic heterocycles. The Balaban J connectivity index is 1.57. The Labute approximate surface area is 170 Å². The van der Waals surface area contributed by atoms with E-state index in [-0.39, 0.29) is 21.4 Å². The first-order valence-corrected chi connectivity index (χ1v) is 9.10. The van der Waals surface area contributed by atoms with Crippen LogP contribution in [0.3, 0.4) is 0 Å². The maximum atomic E-state index is 12.4. The van der Waals surface area contributed by atoms with Crippen LogP contribution in [0.4, 0.5) is 0 Å². The number of benzene rings is 3. The largest absolute Gasteiger partial charge is 0.506 e. The standard InChI is InChI=1S/C21H13Cl2N3O2/c22-14-11-16(21(28)17(23)12-14)20(27)10-7-13-5-8-15(9-6-13)26-19-4-2-1-3-18(19)24-25-26/h1-12,28H/b10-7+. The van der Waals surface area contributed by atoms with E-state index in [9.17, 15) is 9.90 Å². The van der Waals surface area contributed by atoms with Crippen LogP contribution in [0.15, 0.2) is 66.7 Å². The number of allylic oxidation sites excluding steroid dienone is 1. The second-order valence-electron chi connectivity index (χ2n) is 6.06. The lowest BCUT2D eigenvalue weighted by molar-refractivity contribution is 0.104. The quantitative estimate of drug-likeness (QED) is 0.365. The van der Waals surface area contributed by atoms with Crippen molar-refractivity contribution < 1.29 is 9.90 Å². The monoisotopic (exact) mass is 409 g/mol. The summed E-state index contributed by atoms with van der Waals surface area (Å²) in [5.41, 5.74) is 3.45. The molecular weight excluding hydrogens is 397 g/mol. The van der Waals surface area contributed by atoms with Gasteiger partial charge in [-0.15, -0.1) is 5.10 Å². The van der Waals surface area contributed by atoms with Crippen LogP contribution >= 0.6 is 23.2 Å². The lowest BCUT2D eigenvalue weighted by Crippen LogP contribution is -1.97. The number of para-hydroxylation sites is 1. The van der Waals surface area contributed by atoms with Gasteiger partial charge < -0.3 is 5.11 Å². The summed E-state index contributed by atoms with van der Waals surface area (Å²) in [7, 11) is 0. The van der Waals surface area contributed by atoms with Crippen molar-refractivity contribution in [3.8, 4) is 11.4 Å². The van der Waals surface area contributed by atoms with Gasteiger partial charge in [-0.25, -0.2) is 4.68 Å². The van der Waals surface area contributed by atoms with Crippen LogP contribution in [0.25, 0.3) is 22.8 Å². The van der Waals surface area contributed by atoms with Crippen LogP contribution in [-0.2, 0) is 0 Å². The number of hydrogen-bond donors (Lipinski definition) is 1. The molecule has 4 rings (SSSR count). The summed E-state index contributed by atoms with van der Waals surface area (Å²) in [4.78, 5) is 12.4. The van der Waals surface area contributed by atoms with Crippen LogP contribution in [0, 0.1) is 0 Å². The van der Waals surface area contributed by atoms with Gasteiger partial charge in [0.05, 0.1) is 21.8 Å². The first kappa shape index (κ1) is 18.2. The molecule has 5 nitrogen and oxygen atoms in total. The van der Waals surface area contributed by atoms with Gasteiger partial charge in [0, 0.05) is 5.02 Å². The molecule has 0 amide bonds. The van der Waals surface area contributed by atoms with E-state index >= 15 is 0 Å². The molecule has 7 heteroatoms. The van der Waals surface area contributed by atoms with Crippen molar-refractivity contribution in [2.45, 2.75) is 0 Å². The van der Waals surface area contributed by atoms with E-state index in [1.807, 2.05) is 48.5 Å². The van der Waals surface area contributed by atoms with Crippen LogP contribution in [0.2, 0.25) is 10.0 Å². The van der Waals surface area contributed by atoms with E-state index < -0.39 is 5.78 Å². The van der Waals surface area contributed by atoms with Gasteiger partial charge >= 0.3 is 0 Å². The Morgan fingerprint density at radius 1 is 1.04 bits per heavy atom. The van der Waals surface area contributed by atoms with Crippen LogP contribution in [0.5, 0.6) is 5.75 Å². The molecule has 0 atom stereocenters. The van der Waals surface area contributed by atoms with Crippen molar-refractivity contribution in [1.29, 1.82) is 0 Å². The van der Waals surface area contributed by atoms with E-state index in [0.29, 0.717) is 0 Å². The molecule has 0 aliphatic rings. The molecule has 0 saturated carbocycles. The number of carbonyl (C=O) groups is 1. The molecule has 0 saturated heterocycles. The molecule has 3 aromatic carbocycles. The summed E-state index contributed by atoms with van der Waals surface area (Å²) in [6.45, 7) is 0. The fourth-order valence-electron chi connectivity index (χ4n) is 2.80. The molecule has 28 heavy (non-hydrogen) atoms. The fraction of sp³-hybridized carbons (Fsp3) is 0. The normalized spacial score (nSPS) is 11.4. The van der Waals surface area contributed by atoms with Crippen molar-refractivity contribution >= 4 is 46.1 Å². The first-order chi connectivity index (χ1) is 13.5. The second kappa shape index (κ2) is 7.46. The zero-order valence-corrected chi connectivity index (χ0v) is 15.9. The average Bonchev–Trinajstić information content (AvgIpc) is 3.13. The van der Waals surface area contributed by atoms with Crippen molar-refractivity contribution in [2.24, 2.45) is 0 Å². The third-order valence-electron chi connectivity index (χ3n) is 4.21.